The average Bonchev–Trinajstić information content (AvgIpc) is 3.02. The van der Waals surface area contributed by atoms with Crippen LogP contribution in [0, 0.1) is 0 Å². The predicted molar refractivity (Wildman–Crippen MR) is 113 cm³/mol. The maximum absolute atomic E-state index is 12.7. The molecule has 0 spiro atoms. The predicted octanol–water partition coefficient (Wildman–Crippen LogP) is 3.05. The summed E-state index contributed by atoms with van der Waals surface area (Å²) in [6.07, 6.45) is 0.383. The zero-order valence-electron chi connectivity index (χ0n) is 15.3. The Morgan fingerprint density at radius 2 is 1.86 bits per heavy atom. The summed E-state index contributed by atoms with van der Waals surface area (Å²) in [6, 6.07) is 9.52. The Labute approximate surface area is 179 Å². The normalized spacial score (nSPS) is 18.4. The number of carbonyl (C=O) groups excluding carboxylic acids is 1. The fourth-order valence-corrected chi connectivity index (χ4v) is 6.24. The quantitative estimate of drug-likeness (QED) is 0.714. The van der Waals surface area contributed by atoms with E-state index in [0.717, 1.165) is 0 Å². The Morgan fingerprint density at radius 3 is 2.48 bits per heavy atom. The van der Waals surface area contributed by atoms with Crippen LogP contribution in [0.2, 0.25) is 10.0 Å². The lowest BCUT2D eigenvalue weighted by molar-refractivity contribution is 0.0747. The first-order chi connectivity index (χ1) is 13.5. The highest BCUT2D eigenvalue weighted by atomic mass is 35.5. The largest absolute Gasteiger partial charge is 0.338 e. The Hall–Kier alpha value is -1.81. The molecule has 0 aromatic heterocycles. The zero-order valence-corrected chi connectivity index (χ0v) is 18.4. The molecule has 1 saturated heterocycles. The minimum absolute atomic E-state index is 0.0543. The van der Waals surface area contributed by atoms with Crippen molar-refractivity contribution in [2.24, 2.45) is 0 Å². The van der Waals surface area contributed by atoms with Gasteiger partial charge in [0.05, 0.1) is 26.4 Å². The number of sulfonamides is 1. The monoisotopic (exact) mass is 476 g/mol. The molecule has 0 unspecified atom stereocenters. The van der Waals surface area contributed by atoms with Crippen molar-refractivity contribution < 1.29 is 21.6 Å². The number of anilines is 1. The molecule has 2 aromatic rings. The molecule has 1 amide bonds. The lowest BCUT2D eigenvalue weighted by Crippen LogP contribution is -2.37. The molecule has 0 aliphatic carbocycles. The molecule has 1 atom stereocenters. The van der Waals surface area contributed by atoms with Gasteiger partial charge in [-0.05, 0) is 42.8 Å². The van der Waals surface area contributed by atoms with Gasteiger partial charge in [0.25, 0.3) is 15.9 Å². The first kappa shape index (κ1) is 21.9. The van der Waals surface area contributed by atoms with Gasteiger partial charge in [-0.3, -0.25) is 9.52 Å². The fraction of sp³-hybridized carbons (Fsp3) is 0.278. The van der Waals surface area contributed by atoms with Crippen LogP contribution in [0.1, 0.15) is 16.8 Å². The first-order valence-corrected chi connectivity index (χ1v) is 12.6. The maximum Gasteiger partial charge on any atom is 0.261 e. The van der Waals surface area contributed by atoms with E-state index in [9.17, 15) is 21.6 Å². The highest BCUT2D eigenvalue weighted by Crippen LogP contribution is 2.26. The van der Waals surface area contributed by atoms with Gasteiger partial charge in [-0.1, -0.05) is 29.3 Å². The highest BCUT2D eigenvalue weighted by molar-refractivity contribution is 7.92. The van der Waals surface area contributed by atoms with Crippen LogP contribution in [-0.2, 0) is 19.9 Å². The standard InChI is InChI=1S/C18H18Cl2N2O5S2/c1-22(14-7-8-28(24,25)11-14)18(23)12-3-2-4-13(9-12)21-29(26,27)15-5-6-16(19)17(20)10-15/h2-6,9-10,14,21H,7-8,11H2,1H3/t14-/m1/s1. The molecule has 0 bridgehead atoms. The molecule has 7 nitrogen and oxygen atoms in total. The van der Waals surface area contributed by atoms with Crippen LogP contribution in [-0.4, -0.2) is 52.2 Å². The average molecular weight is 477 g/mol. The van der Waals surface area contributed by atoms with Gasteiger partial charge >= 0.3 is 0 Å². The number of nitrogens with one attached hydrogen (secondary N) is 1. The molecule has 2 aromatic carbocycles. The van der Waals surface area contributed by atoms with Gasteiger partial charge in [-0.2, -0.15) is 0 Å². The Balaban J connectivity index is 1.80. The maximum atomic E-state index is 12.7. The smallest absolute Gasteiger partial charge is 0.261 e. The zero-order chi connectivity index (χ0) is 21.4. The molecule has 156 valence electrons. The van der Waals surface area contributed by atoms with Crippen molar-refractivity contribution in [2.75, 3.05) is 23.3 Å². The van der Waals surface area contributed by atoms with E-state index in [-0.39, 0.29) is 43.6 Å². The number of hydrogen-bond donors (Lipinski definition) is 1. The van der Waals surface area contributed by atoms with Gasteiger partial charge in [0.15, 0.2) is 9.84 Å². The third-order valence-corrected chi connectivity index (χ3v) is 8.51. The Morgan fingerprint density at radius 1 is 1.14 bits per heavy atom. The van der Waals surface area contributed by atoms with Gasteiger partial charge in [0.2, 0.25) is 0 Å². The van der Waals surface area contributed by atoms with Gasteiger partial charge < -0.3 is 4.90 Å². The SMILES string of the molecule is CN(C(=O)c1cccc(NS(=O)(=O)c2ccc(Cl)c(Cl)c2)c1)[C@@H]1CCS(=O)(=O)C1. The Kier molecular flexibility index (Phi) is 6.14. The number of halogens is 2. The molecule has 1 aliphatic rings. The number of nitrogens with zero attached hydrogens (tertiary/aromatic N) is 1. The second kappa shape index (κ2) is 8.14. The van der Waals surface area contributed by atoms with Crippen molar-refractivity contribution in [3.8, 4) is 0 Å². The van der Waals surface area contributed by atoms with Crippen LogP contribution in [0.15, 0.2) is 47.4 Å². The van der Waals surface area contributed by atoms with E-state index in [4.69, 9.17) is 23.2 Å². The van der Waals surface area contributed by atoms with Crippen LogP contribution in [0.3, 0.4) is 0 Å². The van der Waals surface area contributed by atoms with Crippen molar-refractivity contribution in [3.05, 3.63) is 58.1 Å². The van der Waals surface area contributed by atoms with Crippen molar-refractivity contribution in [1.82, 2.24) is 4.90 Å². The molecule has 29 heavy (non-hydrogen) atoms. The summed E-state index contributed by atoms with van der Waals surface area (Å²) in [7, 11) is -5.53. The van der Waals surface area contributed by atoms with E-state index in [1.54, 1.807) is 19.2 Å². The van der Waals surface area contributed by atoms with Crippen molar-refractivity contribution in [2.45, 2.75) is 17.4 Å². The summed E-state index contributed by atoms with van der Waals surface area (Å²) in [5.74, 6) is -0.403. The molecule has 1 fully saturated rings. The number of rotatable bonds is 5. The second-order valence-electron chi connectivity index (χ2n) is 6.74. The molecule has 0 radical (unpaired) electrons. The molecule has 3 rings (SSSR count). The van der Waals surface area contributed by atoms with E-state index in [1.165, 1.54) is 35.2 Å². The van der Waals surface area contributed by atoms with Crippen LogP contribution >= 0.6 is 23.2 Å². The van der Waals surface area contributed by atoms with E-state index in [1.807, 2.05) is 0 Å². The lowest BCUT2D eigenvalue weighted by atomic mass is 10.1. The van der Waals surface area contributed by atoms with Gasteiger partial charge in [-0.25, -0.2) is 16.8 Å². The fourth-order valence-electron chi connectivity index (χ4n) is 3.02. The van der Waals surface area contributed by atoms with E-state index in [0.29, 0.717) is 6.42 Å². The minimum atomic E-state index is -3.94. The third kappa shape index (κ3) is 5.03. The number of benzene rings is 2. The van der Waals surface area contributed by atoms with Crippen LogP contribution in [0.4, 0.5) is 5.69 Å². The van der Waals surface area contributed by atoms with Gasteiger partial charge in [0.1, 0.15) is 0 Å². The summed E-state index contributed by atoms with van der Waals surface area (Å²) in [5.41, 5.74) is 0.431. The summed E-state index contributed by atoms with van der Waals surface area (Å²) >= 11 is 11.7. The third-order valence-electron chi connectivity index (χ3n) is 4.64. The van der Waals surface area contributed by atoms with Crippen LogP contribution in [0.5, 0.6) is 0 Å². The molecular weight excluding hydrogens is 459 g/mol. The molecule has 1 heterocycles. The van der Waals surface area contributed by atoms with Gasteiger partial charge in [-0.15, -0.1) is 0 Å². The molecule has 0 saturated carbocycles. The molecule has 1 aliphatic heterocycles. The highest BCUT2D eigenvalue weighted by Gasteiger charge is 2.33. The summed E-state index contributed by atoms with van der Waals surface area (Å²) < 4.78 is 50.9. The van der Waals surface area contributed by atoms with E-state index < -0.39 is 25.9 Å². The minimum Gasteiger partial charge on any atom is -0.338 e. The Bertz CT molecular complexity index is 1170. The molecule has 1 N–H and O–H groups in total. The van der Waals surface area contributed by atoms with Gasteiger partial charge in [0, 0.05) is 24.3 Å². The van der Waals surface area contributed by atoms with Crippen molar-refractivity contribution >= 4 is 54.7 Å². The first-order valence-electron chi connectivity index (χ1n) is 8.54. The summed E-state index contributed by atoms with van der Waals surface area (Å²) in [6.45, 7) is 0. The van der Waals surface area contributed by atoms with Crippen molar-refractivity contribution in [3.63, 3.8) is 0 Å². The number of hydrogen-bond acceptors (Lipinski definition) is 5. The van der Waals surface area contributed by atoms with E-state index in [2.05, 4.69) is 4.72 Å². The molecule has 11 heteroatoms. The summed E-state index contributed by atoms with van der Waals surface area (Å²) in [5, 5.41) is 0.335. The lowest BCUT2D eigenvalue weighted by Gasteiger charge is -2.23. The molecular formula is C18H18Cl2N2O5S2. The van der Waals surface area contributed by atoms with E-state index >= 15 is 0 Å². The van der Waals surface area contributed by atoms with Crippen LogP contribution in [0.25, 0.3) is 0 Å². The second-order valence-corrected chi connectivity index (χ2v) is 11.5. The number of sulfone groups is 1. The number of carbonyl (C=O) groups is 1. The summed E-state index contributed by atoms with van der Waals surface area (Å²) in [4.78, 5) is 14.0. The number of amides is 1. The van der Waals surface area contributed by atoms with Crippen molar-refractivity contribution in [1.29, 1.82) is 0 Å². The topological polar surface area (TPSA) is 101 Å². The van der Waals surface area contributed by atoms with Crippen LogP contribution < -0.4 is 4.72 Å².